The van der Waals surface area contributed by atoms with E-state index >= 15 is 0 Å². The second-order valence-electron chi connectivity index (χ2n) is 5.28. The molecule has 1 atom stereocenters. The molecule has 0 spiro atoms. The highest BCUT2D eigenvalue weighted by Crippen LogP contribution is 2.35. The number of hydrogen-bond donors (Lipinski definition) is 2. The topological polar surface area (TPSA) is 35.5 Å². The van der Waals surface area contributed by atoms with Gasteiger partial charge >= 0.3 is 0 Å². The molecule has 3 nitrogen and oxygen atoms in total. The lowest BCUT2D eigenvalue weighted by Crippen LogP contribution is -2.45. The van der Waals surface area contributed by atoms with Crippen LogP contribution in [0.1, 0.15) is 24.9 Å². The Balaban J connectivity index is 0.00000220. The number of piperazine rings is 1. The number of hydrogen-bond acceptors (Lipinski definition) is 3. The first-order chi connectivity index (χ1) is 9.49. The summed E-state index contributed by atoms with van der Waals surface area (Å²) >= 11 is 0. The molecule has 0 bridgehead atoms. The molecule has 1 fully saturated rings. The summed E-state index contributed by atoms with van der Waals surface area (Å²) in [6.45, 7) is 8.89. The second kappa shape index (κ2) is 9.30. The summed E-state index contributed by atoms with van der Waals surface area (Å²) in [4.78, 5) is 2.10. The highest BCUT2D eigenvalue weighted by molar-refractivity contribution is 5.85. The third kappa shape index (κ3) is 5.09. The van der Waals surface area contributed by atoms with Crippen LogP contribution in [0, 0.1) is 11.6 Å². The highest BCUT2D eigenvalue weighted by Gasteiger charge is 2.27. The number of benzene rings is 1. The van der Waals surface area contributed by atoms with Crippen molar-refractivity contribution in [3.05, 3.63) is 41.5 Å². The average Bonchev–Trinajstić information content (AvgIpc) is 2.37. The van der Waals surface area contributed by atoms with Crippen LogP contribution in [0.5, 0.6) is 5.75 Å². The fraction of sp³-hybridized carbons (Fsp3) is 0.467. The van der Waals surface area contributed by atoms with E-state index in [0.29, 0.717) is 6.42 Å². The predicted molar refractivity (Wildman–Crippen MR) is 89.1 cm³/mol. The van der Waals surface area contributed by atoms with Gasteiger partial charge in [-0.05, 0) is 13.3 Å². The van der Waals surface area contributed by atoms with Gasteiger partial charge in [0, 0.05) is 49.9 Å². The SMILES string of the molecule is C=C(C)C[C@@H](c1c(O)cc(F)cc1F)N1CCNCC1.Cl.Cl. The van der Waals surface area contributed by atoms with E-state index in [1.165, 1.54) is 0 Å². The lowest BCUT2D eigenvalue weighted by molar-refractivity contribution is 0.166. The maximum Gasteiger partial charge on any atom is 0.134 e. The van der Waals surface area contributed by atoms with E-state index in [1.54, 1.807) is 0 Å². The zero-order valence-electron chi connectivity index (χ0n) is 12.4. The molecule has 1 aliphatic heterocycles. The van der Waals surface area contributed by atoms with Crippen molar-refractivity contribution in [2.24, 2.45) is 0 Å². The van der Waals surface area contributed by atoms with Gasteiger partial charge in [0.05, 0.1) is 0 Å². The number of halogens is 4. The number of nitrogens with zero attached hydrogens (tertiary/aromatic N) is 1. The van der Waals surface area contributed by atoms with Gasteiger partial charge < -0.3 is 10.4 Å². The summed E-state index contributed by atoms with van der Waals surface area (Å²) in [6.07, 6.45) is 0.538. The van der Waals surface area contributed by atoms with E-state index in [1.807, 2.05) is 6.92 Å². The molecule has 1 aromatic rings. The molecule has 126 valence electrons. The van der Waals surface area contributed by atoms with Gasteiger partial charge in [-0.15, -0.1) is 31.4 Å². The summed E-state index contributed by atoms with van der Waals surface area (Å²) in [7, 11) is 0. The molecule has 0 aromatic heterocycles. The number of phenols is 1. The Hall–Kier alpha value is -0.880. The van der Waals surface area contributed by atoms with E-state index in [0.717, 1.165) is 43.9 Å². The largest absolute Gasteiger partial charge is 0.507 e. The molecular formula is C15H22Cl2F2N2O. The molecule has 1 aliphatic rings. The van der Waals surface area contributed by atoms with Crippen LogP contribution in [-0.2, 0) is 0 Å². The Morgan fingerprint density at radius 2 is 1.91 bits per heavy atom. The molecule has 2 rings (SSSR count). The average molecular weight is 355 g/mol. The highest BCUT2D eigenvalue weighted by atomic mass is 35.5. The van der Waals surface area contributed by atoms with Crippen LogP contribution in [0.3, 0.4) is 0 Å². The minimum atomic E-state index is -0.766. The number of rotatable bonds is 4. The van der Waals surface area contributed by atoms with Crippen LogP contribution < -0.4 is 5.32 Å². The Kier molecular flexibility index (Phi) is 8.93. The van der Waals surface area contributed by atoms with Crippen molar-refractivity contribution < 1.29 is 13.9 Å². The van der Waals surface area contributed by atoms with Crippen LogP contribution in [0.4, 0.5) is 8.78 Å². The van der Waals surface area contributed by atoms with E-state index in [2.05, 4.69) is 16.8 Å². The molecule has 1 heterocycles. The summed E-state index contributed by atoms with van der Waals surface area (Å²) in [6, 6.07) is 1.48. The van der Waals surface area contributed by atoms with E-state index in [9.17, 15) is 13.9 Å². The maximum absolute atomic E-state index is 14.1. The van der Waals surface area contributed by atoms with Crippen molar-refractivity contribution >= 4 is 24.8 Å². The molecular weight excluding hydrogens is 333 g/mol. The smallest absolute Gasteiger partial charge is 0.134 e. The minimum absolute atomic E-state index is 0. The van der Waals surface area contributed by atoms with Crippen LogP contribution in [0.25, 0.3) is 0 Å². The van der Waals surface area contributed by atoms with Crippen molar-refractivity contribution in [1.29, 1.82) is 0 Å². The first kappa shape index (κ1) is 21.1. The molecule has 0 unspecified atom stereocenters. The minimum Gasteiger partial charge on any atom is -0.507 e. The van der Waals surface area contributed by atoms with Gasteiger partial charge in [0.2, 0.25) is 0 Å². The van der Waals surface area contributed by atoms with E-state index < -0.39 is 11.6 Å². The first-order valence-corrected chi connectivity index (χ1v) is 6.76. The molecule has 7 heteroatoms. The summed E-state index contributed by atoms with van der Waals surface area (Å²) in [5, 5.41) is 13.2. The number of aromatic hydroxyl groups is 1. The van der Waals surface area contributed by atoms with Crippen LogP contribution in [-0.4, -0.2) is 36.2 Å². The van der Waals surface area contributed by atoms with Gasteiger partial charge in [-0.3, -0.25) is 4.90 Å². The molecule has 22 heavy (non-hydrogen) atoms. The maximum atomic E-state index is 14.1. The quantitative estimate of drug-likeness (QED) is 0.813. The van der Waals surface area contributed by atoms with Crippen molar-refractivity contribution in [3.63, 3.8) is 0 Å². The van der Waals surface area contributed by atoms with Crippen LogP contribution in [0.2, 0.25) is 0 Å². The van der Waals surface area contributed by atoms with Crippen molar-refractivity contribution in [2.45, 2.75) is 19.4 Å². The lowest BCUT2D eigenvalue weighted by atomic mass is 9.96. The second-order valence-corrected chi connectivity index (χ2v) is 5.28. The third-order valence-corrected chi connectivity index (χ3v) is 3.54. The molecule has 1 aromatic carbocycles. The van der Waals surface area contributed by atoms with E-state index in [-0.39, 0.29) is 42.2 Å². The summed E-state index contributed by atoms with van der Waals surface area (Å²) in [5.74, 6) is -1.79. The van der Waals surface area contributed by atoms with Crippen LogP contribution >= 0.6 is 24.8 Å². The van der Waals surface area contributed by atoms with E-state index in [4.69, 9.17) is 0 Å². The summed E-state index contributed by atoms with van der Waals surface area (Å²) in [5.41, 5.74) is 1.06. The van der Waals surface area contributed by atoms with Gasteiger partial charge in [0.25, 0.3) is 0 Å². The number of nitrogens with one attached hydrogen (secondary N) is 1. The normalized spacial score (nSPS) is 16.3. The molecule has 0 saturated carbocycles. The number of phenolic OH excluding ortho intramolecular Hbond substituents is 1. The van der Waals surface area contributed by atoms with Crippen molar-refractivity contribution in [2.75, 3.05) is 26.2 Å². The van der Waals surface area contributed by atoms with Gasteiger partial charge in [-0.2, -0.15) is 0 Å². The van der Waals surface area contributed by atoms with Gasteiger partial charge in [-0.25, -0.2) is 8.78 Å². The van der Waals surface area contributed by atoms with Crippen molar-refractivity contribution in [3.8, 4) is 5.75 Å². The van der Waals surface area contributed by atoms with Crippen molar-refractivity contribution in [1.82, 2.24) is 10.2 Å². The fourth-order valence-electron chi connectivity index (χ4n) is 2.64. The van der Waals surface area contributed by atoms with Crippen LogP contribution in [0.15, 0.2) is 24.3 Å². The van der Waals surface area contributed by atoms with Gasteiger partial charge in [0.1, 0.15) is 17.4 Å². The molecule has 0 amide bonds. The Bertz CT molecular complexity index is 485. The monoisotopic (exact) mass is 354 g/mol. The molecule has 0 radical (unpaired) electrons. The zero-order valence-corrected chi connectivity index (χ0v) is 14.1. The first-order valence-electron chi connectivity index (χ1n) is 6.76. The standard InChI is InChI=1S/C15H20F2N2O.2ClH/c1-10(2)7-13(19-5-3-18-4-6-19)15-12(17)8-11(16)9-14(15)20;;/h8-9,13,18,20H,1,3-7H2,2H3;2*1H/t13-;;/m0../s1. The lowest BCUT2D eigenvalue weighted by Gasteiger charge is -2.35. The molecule has 1 saturated heterocycles. The van der Waals surface area contributed by atoms with Gasteiger partial charge in [0.15, 0.2) is 0 Å². The summed E-state index contributed by atoms with van der Waals surface area (Å²) < 4.78 is 27.2. The molecule has 0 aliphatic carbocycles. The van der Waals surface area contributed by atoms with Gasteiger partial charge in [-0.1, -0.05) is 5.57 Å². The third-order valence-electron chi connectivity index (χ3n) is 3.54. The predicted octanol–water partition coefficient (Wildman–Crippen LogP) is 3.43. The fourth-order valence-corrected chi connectivity index (χ4v) is 2.64. The Labute approximate surface area is 142 Å². The zero-order chi connectivity index (χ0) is 14.7. The Morgan fingerprint density at radius 1 is 1.32 bits per heavy atom. The Morgan fingerprint density at radius 3 is 2.41 bits per heavy atom. The molecule has 2 N–H and O–H groups in total.